The highest BCUT2D eigenvalue weighted by Gasteiger charge is 2.13. The summed E-state index contributed by atoms with van der Waals surface area (Å²) in [7, 11) is 0. The Hall–Kier alpha value is -1.12. The van der Waals surface area contributed by atoms with E-state index in [1.165, 1.54) is 22.3 Å². The van der Waals surface area contributed by atoms with Crippen LogP contribution in [0.1, 0.15) is 28.2 Å². The summed E-state index contributed by atoms with van der Waals surface area (Å²) >= 11 is 3.48. The van der Waals surface area contributed by atoms with Crippen molar-refractivity contribution in [2.24, 2.45) is 5.73 Å². The lowest BCUT2D eigenvalue weighted by Crippen LogP contribution is -2.16. The van der Waals surface area contributed by atoms with Crippen molar-refractivity contribution < 1.29 is 0 Å². The van der Waals surface area contributed by atoms with Crippen LogP contribution in [-0.4, -0.2) is 6.54 Å². The molecule has 0 spiro atoms. The summed E-state index contributed by atoms with van der Waals surface area (Å²) in [6, 6.07) is 15.0. The van der Waals surface area contributed by atoms with Crippen molar-refractivity contribution in [3.8, 4) is 0 Å². The highest BCUT2D eigenvalue weighted by atomic mass is 79.9. The average molecular weight is 318 g/mol. The molecule has 2 aromatic carbocycles. The molecule has 0 radical (unpaired) electrons. The molecule has 1 nitrogen and oxygen atoms in total. The van der Waals surface area contributed by atoms with Gasteiger partial charge < -0.3 is 5.73 Å². The molecule has 19 heavy (non-hydrogen) atoms. The predicted octanol–water partition coefficient (Wildman–Crippen LogP) is 4.35. The molecule has 0 aliphatic carbocycles. The Morgan fingerprint density at radius 3 is 2.11 bits per heavy atom. The highest BCUT2D eigenvalue weighted by Crippen LogP contribution is 2.25. The van der Waals surface area contributed by atoms with E-state index in [-0.39, 0.29) is 0 Å². The smallest absolute Gasteiger partial charge is 0.0175 e. The molecule has 0 aliphatic rings. The van der Waals surface area contributed by atoms with Crippen LogP contribution in [-0.2, 0) is 6.42 Å². The molecule has 1 unspecified atom stereocenters. The molecule has 0 aromatic heterocycles. The predicted molar refractivity (Wildman–Crippen MR) is 85.6 cm³/mol. The van der Waals surface area contributed by atoms with Crippen molar-refractivity contribution in [2.75, 3.05) is 6.54 Å². The molecule has 0 amide bonds. The summed E-state index contributed by atoms with van der Waals surface area (Å²) in [4.78, 5) is 0. The lowest BCUT2D eigenvalue weighted by atomic mass is 9.88. The average Bonchev–Trinajstić information content (AvgIpc) is 2.40. The van der Waals surface area contributed by atoms with Crippen molar-refractivity contribution >= 4 is 15.9 Å². The minimum Gasteiger partial charge on any atom is -0.330 e. The van der Waals surface area contributed by atoms with E-state index in [2.05, 4.69) is 72.2 Å². The third kappa shape index (κ3) is 3.46. The maximum atomic E-state index is 5.98. The molecule has 0 saturated heterocycles. The van der Waals surface area contributed by atoms with Crippen LogP contribution in [0.25, 0.3) is 0 Å². The van der Waals surface area contributed by atoms with Crippen LogP contribution < -0.4 is 5.73 Å². The van der Waals surface area contributed by atoms with E-state index in [4.69, 9.17) is 5.73 Å². The maximum Gasteiger partial charge on any atom is 0.0175 e. The molecular weight excluding hydrogens is 298 g/mol. The van der Waals surface area contributed by atoms with Gasteiger partial charge in [0.05, 0.1) is 0 Å². The molecule has 2 heteroatoms. The highest BCUT2D eigenvalue weighted by molar-refractivity contribution is 9.10. The van der Waals surface area contributed by atoms with Crippen LogP contribution >= 0.6 is 15.9 Å². The zero-order valence-electron chi connectivity index (χ0n) is 11.5. The molecule has 0 aliphatic heterocycles. The Morgan fingerprint density at radius 1 is 1.00 bits per heavy atom. The van der Waals surface area contributed by atoms with E-state index in [1.54, 1.807) is 0 Å². The van der Waals surface area contributed by atoms with Crippen LogP contribution in [0, 0.1) is 13.8 Å². The summed E-state index contributed by atoms with van der Waals surface area (Å²) in [5.74, 6) is 0.382. The van der Waals surface area contributed by atoms with E-state index in [0.29, 0.717) is 12.5 Å². The van der Waals surface area contributed by atoms with Gasteiger partial charge in [-0.2, -0.15) is 0 Å². The number of benzene rings is 2. The first-order chi connectivity index (χ1) is 9.11. The fourth-order valence-electron chi connectivity index (χ4n) is 2.49. The number of halogens is 1. The van der Waals surface area contributed by atoms with Crippen molar-refractivity contribution in [3.05, 3.63) is 69.2 Å². The van der Waals surface area contributed by atoms with Gasteiger partial charge in [0.15, 0.2) is 0 Å². The SMILES string of the molecule is Cc1cccc(C)c1CC(CN)c1ccc(Br)cc1. The van der Waals surface area contributed by atoms with Crippen molar-refractivity contribution in [1.29, 1.82) is 0 Å². The topological polar surface area (TPSA) is 26.0 Å². The monoisotopic (exact) mass is 317 g/mol. The minimum absolute atomic E-state index is 0.382. The summed E-state index contributed by atoms with van der Waals surface area (Å²) in [6.07, 6.45) is 1.01. The standard InChI is InChI=1S/C17H20BrN/c1-12-4-3-5-13(2)17(12)10-15(11-19)14-6-8-16(18)9-7-14/h3-9,15H,10-11,19H2,1-2H3. The van der Waals surface area contributed by atoms with E-state index in [0.717, 1.165) is 10.9 Å². The molecule has 2 rings (SSSR count). The van der Waals surface area contributed by atoms with Crippen molar-refractivity contribution in [1.82, 2.24) is 0 Å². The quantitative estimate of drug-likeness (QED) is 0.891. The normalized spacial score (nSPS) is 12.4. The van der Waals surface area contributed by atoms with E-state index in [1.807, 2.05) is 0 Å². The van der Waals surface area contributed by atoms with Gasteiger partial charge in [0.1, 0.15) is 0 Å². The Labute approximate surface area is 124 Å². The second-order valence-corrected chi connectivity index (χ2v) is 5.97. The Kier molecular flexibility index (Phi) is 4.78. The molecule has 0 bridgehead atoms. The summed E-state index contributed by atoms with van der Waals surface area (Å²) in [5.41, 5.74) is 11.4. The van der Waals surface area contributed by atoms with Crippen LogP contribution in [0.5, 0.6) is 0 Å². The van der Waals surface area contributed by atoms with Gasteiger partial charge in [-0.3, -0.25) is 0 Å². The second-order valence-electron chi connectivity index (χ2n) is 5.06. The fraction of sp³-hybridized carbons (Fsp3) is 0.294. The Morgan fingerprint density at radius 2 is 1.58 bits per heavy atom. The largest absolute Gasteiger partial charge is 0.330 e. The number of hydrogen-bond acceptors (Lipinski definition) is 1. The molecule has 2 N–H and O–H groups in total. The molecule has 0 fully saturated rings. The van der Waals surface area contributed by atoms with E-state index < -0.39 is 0 Å². The molecule has 1 atom stereocenters. The van der Waals surface area contributed by atoms with E-state index in [9.17, 15) is 0 Å². The Balaban J connectivity index is 2.26. The number of hydrogen-bond donors (Lipinski definition) is 1. The first-order valence-electron chi connectivity index (χ1n) is 6.62. The van der Waals surface area contributed by atoms with Crippen molar-refractivity contribution in [2.45, 2.75) is 26.2 Å². The van der Waals surface area contributed by atoms with Gasteiger partial charge in [-0.05, 0) is 61.2 Å². The zero-order valence-corrected chi connectivity index (χ0v) is 13.1. The zero-order chi connectivity index (χ0) is 13.8. The van der Waals surface area contributed by atoms with E-state index >= 15 is 0 Å². The number of rotatable bonds is 4. The van der Waals surface area contributed by atoms with Gasteiger partial charge >= 0.3 is 0 Å². The molecule has 100 valence electrons. The first-order valence-corrected chi connectivity index (χ1v) is 7.41. The summed E-state index contributed by atoms with van der Waals surface area (Å²) < 4.78 is 1.11. The minimum atomic E-state index is 0.382. The fourth-order valence-corrected chi connectivity index (χ4v) is 2.75. The first kappa shape index (κ1) is 14.3. The summed E-state index contributed by atoms with van der Waals surface area (Å²) in [5, 5.41) is 0. The van der Waals surface area contributed by atoms with Crippen LogP contribution in [0.2, 0.25) is 0 Å². The molecular formula is C17H20BrN. The maximum absolute atomic E-state index is 5.98. The van der Waals surface area contributed by atoms with Gasteiger partial charge in [-0.25, -0.2) is 0 Å². The Bertz CT molecular complexity index is 525. The third-order valence-corrected chi connectivity index (χ3v) is 4.25. The van der Waals surface area contributed by atoms with Crippen LogP contribution in [0.4, 0.5) is 0 Å². The van der Waals surface area contributed by atoms with Crippen LogP contribution in [0.3, 0.4) is 0 Å². The van der Waals surface area contributed by atoms with Gasteiger partial charge in [-0.1, -0.05) is 46.3 Å². The third-order valence-electron chi connectivity index (χ3n) is 3.72. The van der Waals surface area contributed by atoms with Gasteiger partial charge in [0, 0.05) is 10.4 Å². The number of nitrogens with two attached hydrogens (primary N) is 1. The second kappa shape index (κ2) is 6.36. The van der Waals surface area contributed by atoms with Crippen LogP contribution in [0.15, 0.2) is 46.9 Å². The lowest BCUT2D eigenvalue weighted by molar-refractivity contribution is 0.689. The lowest BCUT2D eigenvalue weighted by Gasteiger charge is -2.18. The molecule has 0 heterocycles. The van der Waals surface area contributed by atoms with Crippen molar-refractivity contribution in [3.63, 3.8) is 0 Å². The number of aryl methyl sites for hydroxylation is 2. The van der Waals surface area contributed by atoms with Gasteiger partial charge in [-0.15, -0.1) is 0 Å². The molecule has 2 aromatic rings. The van der Waals surface area contributed by atoms with Gasteiger partial charge in [0.25, 0.3) is 0 Å². The molecule has 0 saturated carbocycles. The summed E-state index contributed by atoms with van der Waals surface area (Å²) in [6.45, 7) is 5.03. The van der Waals surface area contributed by atoms with Gasteiger partial charge in [0.2, 0.25) is 0 Å².